The molecule has 0 aliphatic heterocycles. The summed E-state index contributed by atoms with van der Waals surface area (Å²) in [4.78, 5) is 26.9. The summed E-state index contributed by atoms with van der Waals surface area (Å²) in [6, 6.07) is 6.67. The van der Waals surface area contributed by atoms with Gasteiger partial charge in [-0.2, -0.15) is 0 Å². The molecular formula is C18H25ClN2O3. The minimum atomic E-state index is -0.715. The highest BCUT2D eigenvalue weighted by Crippen LogP contribution is 2.43. The summed E-state index contributed by atoms with van der Waals surface area (Å²) < 4.78 is 0. The summed E-state index contributed by atoms with van der Waals surface area (Å²) in [6.07, 6.45) is 3.45. The SMILES string of the molecule is CC(C)[C@H](C(=O)NO)N(C)C(=O)C1(c2ccc(Cl)cc2)CCCC1. The van der Waals surface area contributed by atoms with Crippen molar-refractivity contribution in [2.45, 2.75) is 51.0 Å². The third-order valence-corrected chi connectivity index (χ3v) is 5.26. The molecule has 0 radical (unpaired) electrons. The number of hydrogen-bond acceptors (Lipinski definition) is 3. The van der Waals surface area contributed by atoms with Crippen LogP contribution in [0, 0.1) is 5.92 Å². The van der Waals surface area contributed by atoms with E-state index in [9.17, 15) is 9.59 Å². The number of rotatable bonds is 5. The summed E-state index contributed by atoms with van der Waals surface area (Å²) in [7, 11) is 1.64. The molecule has 0 spiro atoms. The van der Waals surface area contributed by atoms with Crippen LogP contribution in [0.1, 0.15) is 45.1 Å². The Morgan fingerprint density at radius 2 is 1.75 bits per heavy atom. The number of amides is 2. The highest BCUT2D eigenvalue weighted by Gasteiger charge is 2.46. The smallest absolute Gasteiger partial charge is 0.266 e. The number of nitrogens with zero attached hydrogens (tertiary/aromatic N) is 1. The first-order valence-corrected chi connectivity index (χ1v) is 8.68. The molecule has 2 N–H and O–H groups in total. The van der Waals surface area contributed by atoms with Crippen LogP contribution in [0.4, 0.5) is 0 Å². The van der Waals surface area contributed by atoms with Gasteiger partial charge in [0.25, 0.3) is 5.91 Å². The molecule has 1 fully saturated rings. The van der Waals surface area contributed by atoms with Gasteiger partial charge in [-0.05, 0) is 36.5 Å². The normalized spacial score (nSPS) is 17.6. The molecule has 1 aromatic rings. The molecule has 1 atom stereocenters. The maximum absolute atomic E-state index is 13.4. The molecule has 132 valence electrons. The van der Waals surface area contributed by atoms with Crippen LogP contribution in [-0.4, -0.2) is 35.0 Å². The number of nitrogens with one attached hydrogen (secondary N) is 1. The van der Waals surface area contributed by atoms with Gasteiger partial charge in [0.2, 0.25) is 5.91 Å². The van der Waals surface area contributed by atoms with Gasteiger partial charge in [0.15, 0.2) is 0 Å². The summed E-state index contributed by atoms with van der Waals surface area (Å²) in [6.45, 7) is 3.71. The lowest BCUT2D eigenvalue weighted by Gasteiger charge is -2.37. The van der Waals surface area contributed by atoms with Gasteiger partial charge in [-0.1, -0.05) is 50.4 Å². The minimum Gasteiger partial charge on any atom is -0.333 e. The summed E-state index contributed by atoms with van der Waals surface area (Å²) in [5, 5.41) is 9.64. The van der Waals surface area contributed by atoms with Gasteiger partial charge in [-0.15, -0.1) is 0 Å². The van der Waals surface area contributed by atoms with Crippen molar-refractivity contribution in [2.24, 2.45) is 5.92 Å². The molecule has 5 nitrogen and oxygen atoms in total. The number of benzene rings is 1. The van der Waals surface area contributed by atoms with Crippen LogP contribution in [0.2, 0.25) is 5.02 Å². The van der Waals surface area contributed by atoms with Crippen molar-refractivity contribution in [1.82, 2.24) is 10.4 Å². The Morgan fingerprint density at radius 3 is 2.21 bits per heavy atom. The molecule has 1 saturated carbocycles. The summed E-state index contributed by atoms with van der Waals surface area (Å²) in [5.41, 5.74) is 2.00. The molecular weight excluding hydrogens is 328 g/mol. The van der Waals surface area contributed by atoms with Crippen LogP contribution < -0.4 is 5.48 Å². The molecule has 1 aliphatic rings. The van der Waals surface area contributed by atoms with Crippen molar-refractivity contribution in [3.63, 3.8) is 0 Å². The van der Waals surface area contributed by atoms with Gasteiger partial charge in [0.05, 0.1) is 5.41 Å². The van der Waals surface area contributed by atoms with E-state index >= 15 is 0 Å². The Balaban J connectivity index is 2.38. The van der Waals surface area contributed by atoms with Crippen LogP contribution >= 0.6 is 11.6 Å². The average molecular weight is 353 g/mol. The monoisotopic (exact) mass is 352 g/mol. The zero-order chi connectivity index (χ0) is 17.9. The lowest BCUT2D eigenvalue weighted by atomic mass is 9.77. The second-order valence-electron chi connectivity index (χ2n) is 6.88. The van der Waals surface area contributed by atoms with E-state index in [-0.39, 0.29) is 11.8 Å². The maximum atomic E-state index is 13.4. The number of carbonyl (C=O) groups is 2. The Kier molecular flexibility index (Phi) is 5.88. The standard InChI is InChI=1S/C18H25ClN2O3/c1-12(2)15(16(22)20-24)21(3)17(23)18(10-4-5-11-18)13-6-8-14(19)9-7-13/h6-9,12,15,24H,4-5,10-11H2,1-3H3,(H,20,22)/t15-/m1/s1. The van der Waals surface area contributed by atoms with Crippen molar-refractivity contribution in [3.8, 4) is 0 Å². The summed E-state index contributed by atoms with van der Waals surface area (Å²) in [5.74, 6) is -0.760. The number of likely N-dealkylation sites (N-methyl/N-ethyl adjacent to an activating group) is 1. The van der Waals surface area contributed by atoms with Crippen LogP contribution in [-0.2, 0) is 15.0 Å². The molecule has 0 bridgehead atoms. The zero-order valence-electron chi connectivity index (χ0n) is 14.4. The van der Waals surface area contributed by atoms with Crippen molar-refractivity contribution in [1.29, 1.82) is 0 Å². The molecule has 1 aromatic carbocycles. The summed E-state index contributed by atoms with van der Waals surface area (Å²) >= 11 is 5.98. The first kappa shape index (κ1) is 18.7. The molecule has 0 unspecified atom stereocenters. The number of halogens is 1. The predicted octanol–water partition coefficient (Wildman–Crippen LogP) is 3.14. The molecule has 2 rings (SSSR count). The van der Waals surface area contributed by atoms with E-state index in [4.69, 9.17) is 16.8 Å². The highest BCUT2D eigenvalue weighted by atomic mass is 35.5. The second-order valence-corrected chi connectivity index (χ2v) is 7.31. The van der Waals surface area contributed by atoms with Crippen LogP contribution in [0.25, 0.3) is 0 Å². The van der Waals surface area contributed by atoms with Gasteiger partial charge >= 0.3 is 0 Å². The van der Waals surface area contributed by atoms with E-state index in [1.165, 1.54) is 4.90 Å². The molecule has 0 saturated heterocycles. The highest BCUT2D eigenvalue weighted by molar-refractivity contribution is 6.30. The molecule has 24 heavy (non-hydrogen) atoms. The van der Waals surface area contributed by atoms with Crippen molar-refractivity contribution >= 4 is 23.4 Å². The lowest BCUT2D eigenvalue weighted by molar-refractivity contribution is -0.148. The van der Waals surface area contributed by atoms with Crippen molar-refractivity contribution in [3.05, 3.63) is 34.9 Å². The quantitative estimate of drug-likeness (QED) is 0.631. The van der Waals surface area contributed by atoms with Crippen molar-refractivity contribution in [2.75, 3.05) is 7.05 Å². The fraction of sp³-hybridized carbons (Fsp3) is 0.556. The van der Waals surface area contributed by atoms with Gasteiger partial charge in [-0.3, -0.25) is 14.8 Å². The lowest BCUT2D eigenvalue weighted by Crippen LogP contribution is -2.54. The largest absolute Gasteiger partial charge is 0.333 e. The van der Waals surface area contributed by atoms with Crippen LogP contribution in [0.5, 0.6) is 0 Å². The second kappa shape index (κ2) is 7.53. The Labute approximate surface area is 147 Å². The van der Waals surface area contributed by atoms with E-state index in [1.54, 1.807) is 24.7 Å². The minimum absolute atomic E-state index is 0.0791. The van der Waals surface area contributed by atoms with Gasteiger partial charge in [0.1, 0.15) is 6.04 Å². The third kappa shape index (κ3) is 3.42. The Bertz CT molecular complexity index is 595. The fourth-order valence-corrected chi connectivity index (χ4v) is 3.96. The predicted molar refractivity (Wildman–Crippen MR) is 92.9 cm³/mol. The zero-order valence-corrected chi connectivity index (χ0v) is 15.1. The molecule has 1 aliphatic carbocycles. The molecule has 0 aromatic heterocycles. The number of hydrogen-bond donors (Lipinski definition) is 2. The van der Waals surface area contributed by atoms with E-state index in [2.05, 4.69) is 0 Å². The first-order valence-electron chi connectivity index (χ1n) is 8.31. The fourth-order valence-electron chi connectivity index (χ4n) is 3.83. The topological polar surface area (TPSA) is 69.6 Å². The van der Waals surface area contributed by atoms with Crippen molar-refractivity contribution < 1.29 is 14.8 Å². The van der Waals surface area contributed by atoms with E-state index < -0.39 is 17.4 Å². The Morgan fingerprint density at radius 1 is 1.21 bits per heavy atom. The van der Waals surface area contributed by atoms with E-state index in [0.717, 1.165) is 31.2 Å². The van der Waals surface area contributed by atoms with Crippen LogP contribution in [0.3, 0.4) is 0 Å². The first-order chi connectivity index (χ1) is 11.3. The van der Waals surface area contributed by atoms with Crippen LogP contribution in [0.15, 0.2) is 24.3 Å². The third-order valence-electron chi connectivity index (χ3n) is 5.01. The maximum Gasteiger partial charge on any atom is 0.266 e. The van der Waals surface area contributed by atoms with E-state index in [1.807, 2.05) is 26.0 Å². The molecule has 6 heteroatoms. The van der Waals surface area contributed by atoms with Gasteiger partial charge < -0.3 is 4.90 Å². The van der Waals surface area contributed by atoms with Gasteiger partial charge in [0, 0.05) is 12.1 Å². The average Bonchev–Trinajstić information content (AvgIpc) is 3.05. The Hall–Kier alpha value is -1.59. The van der Waals surface area contributed by atoms with E-state index in [0.29, 0.717) is 5.02 Å². The number of hydroxylamine groups is 1. The molecule has 0 heterocycles. The van der Waals surface area contributed by atoms with Gasteiger partial charge in [-0.25, -0.2) is 5.48 Å². The number of carbonyl (C=O) groups excluding carboxylic acids is 2. The molecule has 2 amide bonds.